The van der Waals surface area contributed by atoms with Crippen LogP contribution in [0.4, 0.5) is 15.8 Å². The molecule has 3 N–H and O–H groups in total. The van der Waals surface area contributed by atoms with E-state index < -0.39 is 15.8 Å². The second kappa shape index (κ2) is 5.07. The molecule has 0 saturated carbocycles. The summed E-state index contributed by atoms with van der Waals surface area (Å²) in [6.45, 7) is 0. The molecule has 2 aromatic rings. The quantitative estimate of drug-likeness (QED) is 0.856. The predicted octanol–water partition coefficient (Wildman–Crippen LogP) is 2.86. The summed E-state index contributed by atoms with van der Waals surface area (Å²) < 4.78 is 39.6. The summed E-state index contributed by atoms with van der Waals surface area (Å²) in [6, 6.07) is 9.41. The van der Waals surface area contributed by atoms with E-state index in [4.69, 9.17) is 17.3 Å². The summed E-state index contributed by atoms with van der Waals surface area (Å²) in [7, 11) is -3.85. The molecule has 0 amide bonds. The molecule has 0 unspecified atom stereocenters. The van der Waals surface area contributed by atoms with Gasteiger partial charge in [-0.25, -0.2) is 12.8 Å². The SMILES string of the molecule is Nc1ccc(S(=O)(=O)Nc2ccc(Cl)cc2)cc1F. The molecule has 0 radical (unpaired) electrons. The third-order valence-electron chi connectivity index (χ3n) is 2.38. The van der Waals surface area contributed by atoms with Gasteiger partial charge < -0.3 is 5.73 Å². The molecular formula is C12H10ClFN2O2S. The summed E-state index contributed by atoms with van der Waals surface area (Å²) in [4.78, 5) is -0.200. The van der Waals surface area contributed by atoms with Crippen molar-refractivity contribution in [2.75, 3.05) is 10.5 Å². The zero-order valence-corrected chi connectivity index (χ0v) is 11.2. The third-order valence-corrected chi connectivity index (χ3v) is 4.01. The van der Waals surface area contributed by atoms with Crippen LogP contribution in [0.5, 0.6) is 0 Å². The number of hydrogen-bond acceptors (Lipinski definition) is 3. The van der Waals surface area contributed by atoms with Crippen LogP contribution >= 0.6 is 11.6 Å². The Bertz CT molecular complexity index is 702. The Kier molecular flexibility index (Phi) is 3.64. The van der Waals surface area contributed by atoms with Gasteiger partial charge in [-0.3, -0.25) is 4.72 Å². The van der Waals surface area contributed by atoms with Crippen LogP contribution in [0.3, 0.4) is 0 Å². The number of nitrogen functional groups attached to an aromatic ring is 1. The van der Waals surface area contributed by atoms with Crippen molar-refractivity contribution in [3.05, 3.63) is 53.3 Å². The van der Waals surface area contributed by atoms with Gasteiger partial charge in [0.1, 0.15) is 5.82 Å². The molecule has 2 aromatic carbocycles. The van der Waals surface area contributed by atoms with Crippen molar-refractivity contribution in [3.8, 4) is 0 Å². The van der Waals surface area contributed by atoms with Gasteiger partial charge in [-0.2, -0.15) is 0 Å². The molecule has 0 fully saturated rings. The molecule has 0 atom stereocenters. The monoisotopic (exact) mass is 300 g/mol. The predicted molar refractivity (Wildman–Crippen MR) is 73.1 cm³/mol. The van der Waals surface area contributed by atoms with E-state index in [1.165, 1.54) is 24.3 Å². The number of halogens is 2. The molecule has 19 heavy (non-hydrogen) atoms. The molecular weight excluding hydrogens is 291 g/mol. The second-order valence-electron chi connectivity index (χ2n) is 3.80. The normalized spacial score (nSPS) is 11.3. The Morgan fingerprint density at radius 3 is 2.32 bits per heavy atom. The lowest BCUT2D eigenvalue weighted by atomic mass is 10.3. The Balaban J connectivity index is 2.32. The minimum atomic E-state index is -3.85. The van der Waals surface area contributed by atoms with Gasteiger partial charge in [0, 0.05) is 10.7 Å². The Morgan fingerprint density at radius 2 is 1.74 bits per heavy atom. The van der Waals surface area contributed by atoms with Crippen LogP contribution in [0, 0.1) is 5.82 Å². The number of nitrogens with one attached hydrogen (secondary N) is 1. The van der Waals surface area contributed by atoms with Crippen LogP contribution in [-0.2, 0) is 10.0 Å². The highest BCUT2D eigenvalue weighted by Crippen LogP contribution is 2.20. The van der Waals surface area contributed by atoms with E-state index in [1.54, 1.807) is 12.1 Å². The molecule has 2 rings (SSSR count). The molecule has 0 heterocycles. The van der Waals surface area contributed by atoms with Crippen LogP contribution in [0.15, 0.2) is 47.4 Å². The highest BCUT2D eigenvalue weighted by atomic mass is 35.5. The molecule has 0 aliphatic heterocycles. The van der Waals surface area contributed by atoms with E-state index in [2.05, 4.69) is 4.72 Å². The zero-order valence-electron chi connectivity index (χ0n) is 9.60. The lowest BCUT2D eigenvalue weighted by Crippen LogP contribution is -2.13. The average molecular weight is 301 g/mol. The molecule has 0 spiro atoms. The number of nitrogens with two attached hydrogens (primary N) is 1. The van der Waals surface area contributed by atoms with Crippen LogP contribution in [-0.4, -0.2) is 8.42 Å². The van der Waals surface area contributed by atoms with Gasteiger partial charge in [0.05, 0.1) is 10.6 Å². The van der Waals surface area contributed by atoms with Gasteiger partial charge in [0.15, 0.2) is 0 Å². The van der Waals surface area contributed by atoms with Gasteiger partial charge in [0.2, 0.25) is 0 Å². The Labute approximate surface area is 115 Å². The molecule has 0 aliphatic carbocycles. The van der Waals surface area contributed by atoms with E-state index in [0.717, 1.165) is 6.07 Å². The van der Waals surface area contributed by atoms with E-state index in [9.17, 15) is 12.8 Å². The maximum absolute atomic E-state index is 13.3. The van der Waals surface area contributed by atoms with Gasteiger partial charge in [-0.1, -0.05) is 11.6 Å². The topological polar surface area (TPSA) is 72.2 Å². The first-order valence-electron chi connectivity index (χ1n) is 5.22. The minimum Gasteiger partial charge on any atom is -0.396 e. The summed E-state index contributed by atoms with van der Waals surface area (Å²) >= 11 is 5.70. The molecule has 100 valence electrons. The standard InChI is InChI=1S/C12H10ClFN2O2S/c13-8-1-3-9(4-2-8)16-19(17,18)10-5-6-12(15)11(14)7-10/h1-7,16H,15H2. The first kappa shape index (κ1) is 13.6. The Hall–Kier alpha value is -1.79. The van der Waals surface area contributed by atoms with Crippen molar-refractivity contribution in [2.45, 2.75) is 4.90 Å². The third kappa shape index (κ3) is 3.15. The van der Waals surface area contributed by atoms with Gasteiger partial charge in [-0.05, 0) is 42.5 Å². The summed E-state index contributed by atoms with van der Waals surface area (Å²) in [5.74, 6) is -0.779. The zero-order chi connectivity index (χ0) is 14.0. The van der Waals surface area contributed by atoms with Crippen LogP contribution in [0.1, 0.15) is 0 Å². The highest BCUT2D eigenvalue weighted by Gasteiger charge is 2.15. The number of rotatable bonds is 3. The number of benzene rings is 2. The molecule has 0 saturated heterocycles. The van der Waals surface area contributed by atoms with Crippen LogP contribution < -0.4 is 10.5 Å². The molecule has 0 aromatic heterocycles. The van der Waals surface area contributed by atoms with Crippen molar-refractivity contribution in [1.29, 1.82) is 0 Å². The number of anilines is 2. The molecule has 0 bridgehead atoms. The smallest absolute Gasteiger partial charge is 0.261 e. The van der Waals surface area contributed by atoms with Crippen LogP contribution in [0.2, 0.25) is 5.02 Å². The first-order chi connectivity index (χ1) is 8.88. The van der Waals surface area contributed by atoms with Crippen LogP contribution in [0.25, 0.3) is 0 Å². The fraction of sp³-hybridized carbons (Fsp3) is 0. The lowest BCUT2D eigenvalue weighted by molar-refractivity contribution is 0.596. The maximum atomic E-state index is 13.3. The van der Waals surface area contributed by atoms with E-state index in [0.29, 0.717) is 10.7 Å². The summed E-state index contributed by atoms with van der Waals surface area (Å²) in [6.07, 6.45) is 0. The maximum Gasteiger partial charge on any atom is 0.261 e. The van der Waals surface area contributed by atoms with Gasteiger partial charge in [-0.15, -0.1) is 0 Å². The van der Waals surface area contributed by atoms with E-state index in [-0.39, 0.29) is 10.6 Å². The van der Waals surface area contributed by atoms with Crippen molar-refractivity contribution in [2.24, 2.45) is 0 Å². The van der Waals surface area contributed by atoms with Gasteiger partial charge >= 0.3 is 0 Å². The van der Waals surface area contributed by atoms with Crippen molar-refractivity contribution >= 4 is 33.0 Å². The minimum absolute atomic E-state index is 0.106. The fourth-order valence-corrected chi connectivity index (χ4v) is 2.60. The molecule has 4 nitrogen and oxygen atoms in total. The van der Waals surface area contributed by atoms with E-state index in [1.807, 2.05) is 0 Å². The molecule has 7 heteroatoms. The molecule has 0 aliphatic rings. The van der Waals surface area contributed by atoms with Crippen molar-refractivity contribution in [3.63, 3.8) is 0 Å². The fourth-order valence-electron chi connectivity index (χ4n) is 1.41. The number of hydrogen-bond donors (Lipinski definition) is 2. The van der Waals surface area contributed by atoms with E-state index >= 15 is 0 Å². The number of sulfonamides is 1. The van der Waals surface area contributed by atoms with Gasteiger partial charge in [0.25, 0.3) is 10.0 Å². The largest absolute Gasteiger partial charge is 0.396 e. The Morgan fingerprint density at radius 1 is 1.11 bits per heavy atom. The summed E-state index contributed by atoms with van der Waals surface area (Å²) in [5.41, 5.74) is 5.53. The van der Waals surface area contributed by atoms with Crippen molar-refractivity contribution < 1.29 is 12.8 Å². The summed E-state index contributed by atoms with van der Waals surface area (Å²) in [5, 5.41) is 0.487. The van der Waals surface area contributed by atoms with Crippen molar-refractivity contribution in [1.82, 2.24) is 0 Å². The first-order valence-corrected chi connectivity index (χ1v) is 7.08. The average Bonchev–Trinajstić information content (AvgIpc) is 2.35. The lowest BCUT2D eigenvalue weighted by Gasteiger charge is -2.08. The highest BCUT2D eigenvalue weighted by molar-refractivity contribution is 7.92. The second-order valence-corrected chi connectivity index (χ2v) is 5.91.